The number of carbonyl (C=O) groups excluding carboxylic acids is 1. The Morgan fingerprint density at radius 1 is 1.21 bits per heavy atom. The van der Waals surface area contributed by atoms with Crippen molar-refractivity contribution < 1.29 is 9.21 Å². The van der Waals surface area contributed by atoms with Gasteiger partial charge in [0.1, 0.15) is 5.76 Å². The number of aromatic nitrogens is 1. The Balaban J connectivity index is 1.73. The minimum atomic E-state index is -0.0544. The monoisotopic (exact) mass is 328 g/mol. The lowest BCUT2D eigenvalue weighted by atomic mass is 10.1. The number of furan rings is 1. The van der Waals surface area contributed by atoms with Crippen LogP contribution in [0.15, 0.2) is 45.8 Å². The maximum Gasteiger partial charge on any atom is 0.250 e. The maximum absolute atomic E-state index is 12.8. The molecule has 2 aromatic rings. The summed E-state index contributed by atoms with van der Waals surface area (Å²) in [6.45, 7) is 3.07. The Morgan fingerprint density at radius 2 is 2.08 bits per heavy atom. The van der Waals surface area contributed by atoms with E-state index in [9.17, 15) is 9.59 Å². The van der Waals surface area contributed by atoms with E-state index < -0.39 is 0 Å². The SMILES string of the molecule is Cc1cccc(=O)n1CCC(=O)N1CCCCC[C@@H]1c1ccco1. The molecule has 5 nitrogen and oxygen atoms in total. The molecule has 0 bridgehead atoms. The smallest absolute Gasteiger partial charge is 0.250 e. The topological polar surface area (TPSA) is 55.5 Å². The molecule has 3 rings (SSSR count). The number of pyridine rings is 1. The fourth-order valence-corrected chi connectivity index (χ4v) is 3.44. The zero-order chi connectivity index (χ0) is 16.9. The predicted octanol–water partition coefficient (Wildman–Crippen LogP) is 3.28. The van der Waals surface area contributed by atoms with Crippen molar-refractivity contribution in [3.05, 3.63) is 58.4 Å². The van der Waals surface area contributed by atoms with Crippen LogP contribution in [0.3, 0.4) is 0 Å². The number of hydrogen-bond donors (Lipinski definition) is 0. The molecule has 1 atom stereocenters. The second-order valence-corrected chi connectivity index (χ2v) is 6.37. The van der Waals surface area contributed by atoms with Crippen molar-refractivity contribution in [1.82, 2.24) is 9.47 Å². The predicted molar refractivity (Wildman–Crippen MR) is 91.7 cm³/mol. The molecule has 0 N–H and O–H groups in total. The van der Waals surface area contributed by atoms with E-state index in [2.05, 4.69) is 0 Å². The van der Waals surface area contributed by atoms with E-state index in [4.69, 9.17) is 4.42 Å². The molecule has 0 aliphatic carbocycles. The van der Waals surface area contributed by atoms with Crippen LogP contribution in [0.25, 0.3) is 0 Å². The quantitative estimate of drug-likeness (QED) is 0.865. The largest absolute Gasteiger partial charge is 0.467 e. The summed E-state index contributed by atoms with van der Waals surface area (Å²) in [6.07, 6.45) is 6.19. The highest BCUT2D eigenvalue weighted by molar-refractivity contribution is 5.76. The standard InChI is InChI=1S/C19H24N2O3/c1-15-7-5-10-18(22)20(15)13-11-19(23)21-12-4-2-3-8-16(21)17-9-6-14-24-17/h5-7,9-10,14,16H,2-4,8,11-13H2,1H3/t16-/m1/s1. The molecule has 1 aliphatic heterocycles. The highest BCUT2D eigenvalue weighted by Crippen LogP contribution is 2.30. The lowest BCUT2D eigenvalue weighted by Gasteiger charge is -2.29. The van der Waals surface area contributed by atoms with Crippen molar-refractivity contribution in [2.24, 2.45) is 0 Å². The van der Waals surface area contributed by atoms with Crippen molar-refractivity contribution in [2.45, 2.75) is 51.6 Å². The average molecular weight is 328 g/mol. The van der Waals surface area contributed by atoms with Crippen LogP contribution in [-0.4, -0.2) is 21.9 Å². The Labute approximate surface area is 141 Å². The van der Waals surface area contributed by atoms with Crippen LogP contribution in [0.2, 0.25) is 0 Å². The third-order valence-electron chi connectivity index (χ3n) is 4.76. The Morgan fingerprint density at radius 3 is 2.83 bits per heavy atom. The third kappa shape index (κ3) is 3.61. The minimum Gasteiger partial charge on any atom is -0.467 e. The molecular weight excluding hydrogens is 304 g/mol. The molecule has 1 amide bonds. The molecule has 24 heavy (non-hydrogen) atoms. The first-order valence-corrected chi connectivity index (χ1v) is 8.66. The Hall–Kier alpha value is -2.30. The van der Waals surface area contributed by atoms with Gasteiger partial charge in [-0.25, -0.2) is 0 Å². The van der Waals surface area contributed by atoms with Crippen molar-refractivity contribution >= 4 is 5.91 Å². The van der Waals surface area contributed by atoms with Crippen LogP contribution in [0, 0.1) is 6.92 Å². The van der Waals surface area contributed by atoms with Gasteiger partial charge >= 0.3 is 0 Å². The summed E-state index contributed by atoms with van der Waals surface area (Å²) in [7, 11) is 0. The van der Waals surface area contributed by atoms with Crippen molar-refractivity contribution in [2.75, 3.05) is 6.54 Å². The van der Waals surface area contributed by atoms with Crippen LogP contribution in [-0.2, 0) is 11.3 Å². The van der Waals surface area contributed by atoms with E-state index in [0.29, 0.717) is 13.0 Å². The van der Waals surface area contributed by atoms with Gasteiger partial charge in [-0.3, -0.25) is 9.59 Å². The van der Waals surface area contributed by atoms with Crippen LogP contribution in [0.1, 0.15) is 49.6 Å². The lowest BCUT2D eigenvalue weighted by Crippen LogP contribution is -2.36. The third-order valence-corrected chi connectivity index (χ3v) is 4.76. The van der Waals surface area contributed by atoms with Gasteiger partial charge in [-0.1, -0.05) is 18.9 Å². The summed E-state index contributed by atoms with van der Waals surface area (Å²) in [4.78, 5) is 26.7. The number of hydrogen-bond acceptors (Lipinski definition) is 3. The molecule has 0 aromatic carbocycles. The molecule has 0 radical (unpaired) electrons. The van der Waals surface area contributed by atoms with Crippen molar-refractivity contribution in [3.8, 4) is 0 Å². The van der Waals surface area contributed by atoms with Gasteiger partial charge in [0.15, 0.2) is 0 Å². The van der Waals surface area contributed by atoms with Gasteiger partial charge in [0.25, 0.3) is 5.56 Å². The number of likely N-dealkylation sites (tertiary alicyclic amines) is 1. The van der Waals surface area contributed by atoms with E-state index in [0.717, 1.165) is 43.7 Å². The zero-order valence-electron chi connectivity index (χ0n) is 14.1. The van der Waals surface area contributed by atoms with Crippen molar-refractivity contribution in [3.63, 3.8) is 0 Å². The summed E-state index contributed by atoms with van der Waals surface area (Å²) in [5.74, 6) is 0.951. The second-order valence-electron chi connectivity index (χ2n) is 6.37. The zero-order valence-corrected chi connectivity index (χ0v) is 14.1. The fraction of sp³-hybridized carbons (Fsp3) is 0.474. The second kappa shape index (κ2) is 7.51. The molecule has 1 fully saturated rings. The fourth-order valence-electron chi connectivity index (χ4n) is 3.44. The molecule has 128 valence electrons. The van der Waals surface area contributed by atoms with Gasteiger partial charge < -0.3 is 13.9 Å². The summed E-state index contributed by atoms with van der Waals surface area (Å²) in [6, 6.07) is 9.01. The first kappa shape index (κ1) is 16.6. The van der Waals surface area contributed by atoms with E-state index in [1.54, 1.807) is 16.9 Å². The Bertz CT molecular complexity index is 733. The molecule has 0 spiro atoms. The number of rotatable bonds is 4. The van der Waals surface area contributed by atoms with Crippen LogP contribution >= 0.6 is 0 Å². The number of carbonyl (C=O) groups is 1. The first-order chi connectivity index (χ1) is 11.7. The lowest BCUT2D eigenvalue weighted by molar-refractivity contribution is -0.134. The van der Waals surface area contributed by atoms with Crippen molar-refractivity contribution in [1.29, 1.82) is 0 Å². The summed E-state index contributed by atoms with van der Waals surface area (Å²) < 4.78 is 7.23. The molecule has 5 heteroatoms. The summed E-state index contributed by atoms with van der Waals surface area (Å²) in [5.41, 5.74) is 0.829. The van der Waals surface area contributed by atoms with Gasteiger partial charge in [-0.2, -0.15) is 0 Å². The van der Waals surface area contributed by atoms with Crippen LogP contribution in [0.4, 0.5) is 0 Å². The average Bonchev–Trinajstić information content (AvgIpc) is 2.98. The Kier molecular flexibility index (Phi) is 5.18. The normalized spacial score (nSPS) is 18.4. The number of aryl methyl sites for hydroxylation is 1. The summed E-state index contributed by atoms with van der Waals surface area (Å²) >= 11 is 0. The molecule has 3 heterocycles. The van der Waals surface area contributed by atoms with Gasteiger partial charge in [0, 0.05) is 31.3 Å². The van der Waals surface area contributed by atoms with Gasteiger partial charge in [0.05, 0.1) is 12.3 Å². The van der Waals surface area contributed by atoms with Gasteiger partial charge in [-0.15, -0.1) is 0 Å². The highest BCUT2D eigenvalue weighted by atomic mass is 16.3. The van der Waals surface area contributed by atoms with E-state index in [1.807, 2.05) is 30.0 Å². The first-order valence-electron chi connectivity index (χ1n) is 8.66. The molecule has 1 saturated heterocycles. The minimum absolute atomic E-state index is 0.0172. The molecule has 0 unspecified atom stereocenters. The van der Waals surface area contributed by atoms with Gasteiger partial charge in [-0.05, 0) is 38.0 Å². The van der Waals surface area contributed by atoms with Crippen LogP contribution in [0.5, 0.6) is 0 Å². The van der Waals surface area contributed by atoms with E-state index in [-0.39, 0.29) is 17.5 Å². The van der Waals surface area contributed by atoms with Crippen LogP contribution < -0.4 is 5.56 Å². The number of nitrogens with zero attached hydrogens (tertiary/aromatic N) is 2. The summed E-state index contributed by atoms with van der Waals surface area (Å²) in [5, 5.41) is 0. The van der Waals surface area contributed by atoms with E-state index >= 15 is 0 Å². The maximum atomic E-state index is 12.8. The highest BCUT2D eigenvalue weighted by Gasteiger charge is 2.28. The molecule has 1 aliphatic rings. The van der Waals surface area contributed by atoms with Gasteiger partial charge in [0.2, 0.25) is 5.91 Å². The molecule has 2 aromatic heterocycles. The molecule has 0 saturated carbocycles. The number of amides is 1. The molecular formula is C19H24N2O3. The van der Waals surface area contributed by atoms with E-state index in [1.165, 1.54) is 6.07 Å².